The average Bonchev–Trinajstić information content (AvgIpc) is 2.09. The van der Waals surface area contributed by atoms with Gasteiger partial charge in [-0.2, -0.15) is 0 Å². The van der Waals surface area contributed by atoms with Crippen LogP contribution in [0.2, 0.25) is 0 Å². The fourth-order valence-electron chi connectivity index (χ4n) is 0.974. The summed E-state index contributed by atoms with van der Waals surface area (Å²) >= 11 is 0. The number of methoxy groups -OCH3 is 1. The van der Waals surface area contributed by atoms with Gasteiger partial charge in [0.2, 0.25) is 0 Å². The lowest BCUT2D eigenvalue weighted by Crippen LogP contribution is -2.34. The maximum Gasteiger partial charge on any atom is 0.334 e. The Morgan fingerprint density at radius 2 is 2.38 bits per heavy atom. The molecule has 7 heteroatoms. The molecule has 0 N–H and O–H groups in total. The van der Waals surface area contributed by atoms with Crippen molar-refractivity contribution >= 4 is 5.97 Å². The summed E-state index contributed by atoms with van der Waals surface area (Å²) in [6.07, 6.45) is -0.728. The number of esters is 1. The molecular formula is C6H5F2N3O2. The van der Waals surface area contributed by atoms with Crippen molar-refractivity contribution in [2.75, 3.05) is 7.11 Å². The van der Waals surface area contributed by atoms with Gasteiger partial charge in [0.15, 0.2) is 0 Å². The predicted molar refractivity (Wildman–Crippen MR) is 37.8 cm³/mol. The quantitative estimate of drug-likeness (QED) is 0.287. The fourth-order valence-corrected chi connectivity index (χ4v) is 0.974. The lowest BCUT2D eigenvalue weighted by atomic mass is 9.90. The molecule has 0 atom stereocenters. The minimum absolute atomic E-state index is 0.259. The molecule has 5 nitrogen and oxygen atoms in total. The van der Waals surface area contributed by atoms with Gasteiger partial charge in [0.05, 0.1) is 18.4 Å². The van der Waals surface area contributed by atoms with Crippen LogP contribution in [0.3, 0.4) is 0 Å². The van der Waals surface area contributed by atoms with Gasteiger partial charge in [-0.25, -0.2) is 13.6 Å². The molecule has 0 spiro atoms. The molecule has 0 bridgehead atoms. The van der Waals surface area contributed by atoms with Crippen LogP contribution >= 0.6 is 0 Å². The molecule has 0 heterocycles. The minimum atomic E-state index is -3.20. The zero-order chi connectivity index (χ0) is 10.1. The number of carbonyl (C=O) groups is 1. The highest BCUT2D eigenvalue weighted by molar-refractivity contribution is 5.92. The molecule has 0 aromatic rings. The molecule has 0 saturated carbocycles. The van der Waals surface area contributed by atoms with E-state index < -0.39 is 24.0 Å². The second-order valence-corrected chi connectivity index (χ2v) is 2.39. The van der Waals surface area contributed by atoms with Crippen LogP contribution in [0.5, 0.6) is 0 Å². The number of nitrogens with zero attached hydrogens (tertiary/aromatic N) is 3. The van der Waals surface area contributed by atoms with E-state index in [0.29, 0.717) is 0 Å². The first kappa shape index (κ1) is 9.47. The first-order valence-corrected chi connectivity index (χ1v) is 3.28. The molecule has 1 aliphatic carbocycles. The largest absolute Gasteiger partial charge is 0.466 e. The SMILES string of the molecule is COC(=O)C1=C(N=[N+]=[N-])C(F)(F)C1. The molecule has 1 rings (SSSR count). The summed E-state index contributed by atoms with van der Waals surface area (Å²) in [5.41, 5.74) is 6.85. The van der Waals surface area contributed by atoms with Crippen molar-refractivity contribution in [2.24, 2.45) is 5.11 Å². The Morgan fingerprint density at radius 1 is 1.77 bits per heavy atom. The molecule has 0 radical (unpaired) electrons. The van der Waals surface area contributed by atoms with Gasteiger partial charge in [-0.05, 0) is 5.53 Å². The number of allylic oxidation sites excluding steroid dienone is 1. The second kappa shape index (κ2) is 3.02. The van der Waals surface area contributed by atoms with Crippen molar-refractivity contribution in [1.82, 2.24) is 0 Å². The third-order valence-corrected chi connectivity index (χ3v) is 1.61. The number of hydrogen-bond acceptors (Lipinski definition) is 3. The summed E-state index contributed by atoms with van der Waals surface area (Å²) in [4.78, 5) is 13.0. The van der Waals surface area contributed by atoms with E-state index in [1.54, 1.807) is 0 Å². The summed E-state index contributed by atoms with van der Waals surface area (Å²) < 4.78 is 29.4. The van der Waals surface area contributed by atoms with E-state index in [0.717, 1.165) is 7.11 Å². The molecule has 0 aromatic carbocycles. The van der Waals surface area contributed by atoms with Gasteiger partial charge < -0.3 is 4.74 Å². The van der Waals surface area contributed by atoms with Crippen molar-refractivity contribution < 1.29 is 18.3 Å². The predicted octanol–water partition coefficient (Wildman–Crippen LogP) is 1.76. The van der Waals surface area contributed by atoms with Crippen LogP contribution < -0.4 is 0 Å². The number of ether oxygens (including phenoxy) is 1. The third kappa shape index (κ3) is 1.46. The van der Waals surface area contributed by atoms with Gasteiger partial charge in [-0.15, -0.1) is 0 Å². The topological polar surface area (TPSA) is 75.1 Å². The highest BCUT2D eigenvalue weighted by atomic mass is 19.3. The van der Waals surface area contributed by atoms with E-state index in [1.165, 1.54) is 0 Å². The highest BCUT2D eigenvalue weighted by Crippen LogP contribution is 2.44. The maximum atomic E-state index is 12.6. The monoisotopic (exact) mass is 189 g/mol. The zero-order valence-corrected chi connectivity index (χ0v) is 6.62. The average molecular weight is 189 g/mol. The van der Waals surface area contributed by atoms with E-state index >= 15 is 0 Å². The van der Waals surface area contributed by atoms with Crippen LogP contribution in [-0.2, 0) is 9.53 Å². The van der Waals surface area contributed by atoms with Crippen LogP contribution in [0.25, 0.3) is 10.4 Å². The smallest absolute Gasteiger partial charge is 0.334 e. The van der Waals surface area contributed by atoms with Gasteiger partial charge in [-0.3, -0.25) is 0 Å². The lowest BCUT2D eigenvalue weighted by Gasteiger charge is -2.28. The normalized spacial score (nSPS) is 18.7. The molecule has 0 fully saturated rings. The van der Waals surface area contributed by atoms with Gasteiger partial charge in [-0.1, -0.05) is 5.11 Å². The molecule has 0 amide bonds. The second-order valence-electron chi connectivity index (χ2n) is 2.39. The number of alkyl halides is 2. The Hall–Kier alpha value is -1.62. The van der Waals surface area contributed by atoms with Crippen LogP contribution in [-0.4, -0.2) is 19.0 Å². The van der Waals surface area contributed by atoms with E-state index in [2.05, 4.69) is 14.8 Å². The summed E-state index contributed by atoms with van der Waals surface area (Å²) in [6.45, 7) is 0. The van der Waals surface area contributed by atoms with Crippen LogP contribution in [0, 0.1) is 0 Å². The molecule has 1 aliphatic rings. The summed E-state index contributed by atoms with van der Waals surface area (Å²) in [5, 5.41) is 2.74. The Labute approximate surface area is 71.6 Å². The lowest BCUT2D eigenvalue weighted by molar-refractivity contribution is -0.138. The van der Waals surface area contributed by atoms with Crippen LogP contribution in [0.15, 0.2) is 16.4 Å². The van der Waals surface area contributed by atoms with Crippen molar-refractivity contribution in [3.05, 3.63) is 21.7 Å². The molecule has 0 saturated heterocycles. The number of carbonyl (C=O) groups excluding carboxylic acids is 1. The number of hydrogen-bond donors (Lipinski definition) is 0. The number of azide groups is 1. The van der Waals surface area contributed by atoms with Crippen LogP contribution in [0.4, 0.5) is 8.78 Å². The Morgan fingerprint density at radius 3 is 2.77 bits per heavy atom. The first-order chi connectivity index (χ1) is 6.03. The Bertz CT molecular complexity index is 331. The summed E-state index contributed by atoms with van der Waals surface area (Å²) in [7, 11) is 1.07. The van der Waals surface area contributed by atoms with Crippen molar-refractivity contribution in [3.8, 4) is 0 Å². The van der Waals surface area contributed by atoms with E-state index in [1.807, 2.05) is 0 Å². The highest BCUT2D eigenvalue weighted by Gasteiger charge is 2.49. The van der Waals surface area contributed by atoms with Gasteiger partial charge in [0, 0.05) is 11.3 Å². The summed E-state index contributed by atoms with van der Waals surface area (Å²) in [5.74, 6) is -4.08. The summed E-state index contributed by atoms with van der Waals surface area (Å²) in [6, 6.07) is 0. The molecule has 0 aliphatic heterocycles. The van der Waals surface area contributed by atoms with Gasteiger partial charge in [0.25, 0.3) is 5.92 Å². The first-order valence-electron chi connectivity index (χ1n) is 3.28. The Kier molecular flexibility index (Phi) is 2.20. The van der Waals surface area contributed by atoms with E-state index in [9.17, 15) is 13.6 Å². The molecule has 70 valence electrons. The van der Waals surface area contributed by atoms with Crippen molar-refractivity contribution in [2.45, 2.75) is 12.3 Å². The third-order valence-electron chi connectivity index (χ3n) is 1.61. The van der Waals surface area contributed by atoms with Crippen molar-refractivity contribution in [3.63, 3.8) is 0 Å². The standard InChI is InChI=1S/C6H5F2N3O2/c1-13-5(12)3-2-6(7,8)4(3)10-11-9/h2H2,1H3. The molecule has 0 unspecified atom stereocenters. The fraction of sp³-hybridized carbons (Fsp3) is 0.500. The molecule has 13 heavy (non-hydrogen) atoms. The molecular weight excluding hydrogens is 184 g/mol. The minimum Gasteiger partial charge on any atom is -0.466 e. The maximum absolute atomic E-state index is 12.6. The van der Waals surface area contributed by atoms with Gasteiger partial charge >= 0.3 is 5.97 Å². The van der Waals surface area contributed by atoms with E-state index in [4.69, 9.17) is 5.53 Å². The van der Waals surface area contributed by atoms with E-state index in [-0.39, 0.29) is 5.57 Å². The Balaban J connectivity index is 3.03. The zero-order valence-electron chi connectivity index (χ0n) is 6.62. The number of rotatable bonds is 2. The number of halogens is 2. The van der Waals surface area contributed by atoms with Crippen LogP contribution in [0.1, 0.15) is 6.42 Å². The molecule has 0 aromatic heterocycles. The van der Waals surface area contributed by atoms with Crippen molar-refractivity contribution in [1.29, 1.82) is 0 Å². The van der Waals surface area contributed by atoms with Gasteiger partial charge in [0.1, 0.15) is 0 Å².